The van der Waals surface area contributed by atoms with E-state index in [0.29, 0.717) is 44.9 Å². The number of rotatable bonds is 8. The van der Waals surface area contributed by atoms with Gasteiger partial charge in [0.25, 0.3) is 5.91 Å². The molecule has 8 nitrogen and oxygen atoms in total. The highest BCUT2D eigenvalue weighted by atomic mass is 35.5. The normalized spacial score (nSPS) is 13.2. The van der Waals surface area contributed by atoms with Crippen molar-refractivity contribution in [2.24, 2.45) is 0 Å². The molecule has 4 aromatic rings. The molecule has 0 bridgehead atoms. The number of benzene rings is 3. The lowest BCUT2D eigenvalue weighted by Gasteiger charge is -2.12. The fraction of sp³-hybridized carbons (Fsp3) is 0.258. The van der Waals surface area contributed by atoms with Crippen LogP contribution in [0.4, 0.5) is 10.5 Å². The Kier molecular flexibility index (Phi) is 8.81. The molecule has 0 atom stereocenters. The molecular formula is C31H30Cl2N4O4. The Morgan fingerprint density at radius 1 is 1.00 bits per heavy atom. The molecule has 1 saturated carbocycles. The first-order chi connectivity index (χ1) is 19.8. The van der Waals surface area contributed by atoms with Gasteiger partial charge in [0.1, 0.15) is 11.5 Å². The van der Waals surface area contributed by atoms with Crippen LogP contribution in [0.25, 0.3) is 11.3 Å². The van der Waals surface area contributed by atoms with E-state index in [1.165, 1.54) is 10.7 Å². The van der Waals surface area contributed by atoms with Gasteiger partial charge in [-0.2, -0.15) is 9.78 Å². The average molecular weight is 594 g/mol. The summed E-state index contributed by atoms with van der Waals surface area (Å²) in [7, 11) is 0. The number of aromatic nitrogens is 2. The van der Waals surface area contributed by atoms with Crippen LogP contribution in [0.3, 0.4) is 0 Å². The minimum atomic E-state index is -0.385. The molecule has 41 heavy (non-hydrogen) atoms. The van der Waals surface area contributed by atoms with E-state index in [4.69, 9.17) is 27.9 Å². The van der Waals surface area contributed by atoms with E-state index in [2.05, 4.69) is 15.7 Å². The Balaban J connectivity index is 1.38. The number of anilines is 1. The Labute approximate surface area is 248 Å². The lowest BCUT2D eigenvalue weighted by Crippen LogP contribution is -2.30. The average Bonchev–Trinajstić information content (AvgIpc) is 3.66. The molecule has 3 aromatic carbocycles. The molecule has 3 N–H and O–H groups in total. The van der Waals surface area contributed by atoms with E-state index < -0.39 is 0 Å². The van der Waals surface area contributed by atoms with E-state index in [9.17, 15) is 14.7 Å². The number of aromatic hydroxyl groups is 1. The maximum atomic E-state index is 13.3. The third kappa shape index (κ3) is 6.66. The molecule has 0 unspecified atom stereocenters. The number of nitrogens with one attached hydrogen (secondary N) is 2. The first-order valence-electron chi connectivity index (χ1n) is 13.5. The number of ether oxygens (including phenoxy) is 1. The van der Waals surface area contributed by atoms with Crippen LogP contribution in [0.1, 0.15) is 60.1 Å². The topological polar surface area (TPSA) is 105 Å². The number of hydrogen-bond acceptors (Lipinski definition) is 5. The number of halogens is 2. The molecule has 1 aliphatic carbocycles. The number of carbonyl (C=O) groups excluding carboxylic acids is 2. The summed E-state index contributed by atoms with van der Waals surface area (Å²) in [5.74, 6) is 0.550. The van der Waals surface area contributed by atoms with Crippen molar-refractivity contribution < 1.29 is 19.4 Å². The summed E-state index contributed by atoms with van der Waals surface area (Å²) in [5.41, 5.74) is 3.38. The first-order valence-corrected chi connectivity index (χ1v) is 14.3. The second kappa shape index (κ2) is 12.7. The molecular weight excluding hydrogens is 563 g/mol. The highest BCUT2D eigenvalue weighted by Gasteiger charge is 2.26. The maximum absolute atomic E-state index is 13.3. The molecule has 10 heteroatoms. The predicted molar refractivity (Wildman–Crippen MR) is 160 cm³/mol. The van der Waals surface area contributed by atoms with Crippen LogP contribution in [0.2, 0.25) is 10.0 Å². The number of nitrogens with zero attached hydrogens (tertiary/aromatic N) is 2. The van der Waals surface area contributed by atoms with Crippen molar-refractivity contribution in [2.45, 2.75) is 45.1 Å². The quantitative estimate of drug-likeness (QED) is 0.182. The summed E-state index contributed by atoms with van der Waals surface area (Å²) in [6, 6.07) is 18.3. The van der Waals surface area contributed by atoms with Crippen LogP contribution < -0.4 is 15.4 Å². The fourth-order valence-electron chi connectivity index (χ4n) is 5.00. The lowest BCUT2D eigenvalue weighted by atomic mass is 10.0. The third-order valence-electron chi connectivity index (χ3n) is 7.09. The van der Waals surface area contributed by atoms with Crippen molar-refractivity contribution in [2.75, 3.05) is 11.9 Å². The van der Waals surface area contributed by atoms with Gasteiger partial charge in [0, 0.05) is 29.3 Å². The van der Waals surface area contributed by atoms with E-state index in [1.807, 2.05) is 13.0 Å². The van der Waals surface area contributed by atoms with Crippen LogP contribution >= 0.6 is 23.2 Å². The van der Waals surface area contributed by atoms with E-state index in [-0.39, 0.29) is 30.2 Å². The summed E-state index contributed by atoms with van der Waals surface area (Å²) in [4.78, 5) is 26.2. The van der Waals surface area contributed by atoms with E-state index >= 15 is 0 Å². The Morgan fingerprint density at radius 2 is 1.76 bits per heavy atom. The predicted octanol–water partition coefficient (Wildman–Crippen LogP) is 7.63. The van der Waals surface area contributed by atoms with Gasteiger partial charge in [-0.1, -0.05) is 42.1 Å². The molecule has 0 saturated heterocycles. The SMILES string of the molecule is CCOc1ccc(C(=O)Nc2ccc(O)c(-c3cc(C4CCCC4)n(C(=O)NCc4ccc(Cl)c(Cl)c4)n3)c2)cc1. The van der Waals surface area contributed by atoms with Crippen LogP contribution in [0.15, 0.2) is 66.7 Å². The zero-order valence-corrected chi connectivity index (χ0v) is 24.0. The van der Waals surface area contributed by atoms with Gasteiger partial charge in [-0.05, 0) is 86.0 Å². The zero-order valence-electron chi connectivity index (χ0n) is 22.5. The number of amides is 2. The minimum Gasteiger partial charge on any atom is -0.507 e. The second-order valence-corrected chi connectivity index (χ2v) is 10.7. The summed E-state index contributed by atoms with van der Waals surface area (Å²) in [6.45, 7) is 2.68. The highest BCUT2D eigenvalue weighted by Crippen LogP contribution is 2.38. The van der Waals surface area contributed by atoms with Crippen molar-refractivity contribution >= 4 is 40.8 Å². The van der Waals surface area contributed by atoms with Gasteiger partial charge in [-0.25, -0.2) is 4.79 Å². The number of phenolic OH excluding ortho intramolecular Hbond substituents is 1. The molecule has 1 heterocycles. The molecule has 0 aliphatic heterocycles. The lowest BCUT2D eigenvalue weighted by molar-refractivity contribution is 0.102. The van der Waals surface area contributed by atoms with Crippen molar-refractivity contribution in [3.8, 4) is 22.8 Å². The summed E-state index contributed by atoms with van der Waals surface area (Å²) < 4.78 is 6.82. The van der Waals surface area contributed by atoms with Crippen LogP contribution in [0, 0.1) is 0 Å². The fourth-order valence-corrected chi connectivity index (χ4v) is 5.32. The maximum Gasteiger partial charge on any atom is 0.342 e. The number of phenols is 1. The largest absolute Gasteiger partial charge is 0.507 e. The standard InChI is InChI=1S/C31H30Cl2N4O4/c1-2-41-23-11-8-21(9-12-23)30(39)35-22-10-14-29(38)24(16-22)27-17-28(20-5-3-4-6-20)37(36-27)31(40)34-18-19-7-13-25(32)26(33)15-19/h7-17,20,38H,2-6,18H2,1H3,(H,34,40)(H,35,39). The molecule has 1 fully saturated rings. The van der Waals surface area contributed by atoms with E-state index in [0.717, 1.165) is 36.9 Å². The number of hydrogen-bond donors (Lipinski definition) is 3. The van der Waals surface area contributed by atoms with Crippen molar-refractivity contribution in [1.82, 2.24) is 15.1 Å². The smallest absolute Gasteiger partial charge is 0.342 e. The zero-order chi connectivity index (χ0) is 28.9. The second-order valence-electron chi connectivity index (χ2n) is 9.90. The van der Waals surface area contributed by atoms with Gasteiger partial charge in [-0.3, -0.25) is 4.79 Å². The van der Waals surface area contributed by atoms with Gasteiger partial charge in [0.2, 0.25) is 0 Å². The summed E-state index contributed by atoms with van der Waals surface area (Å²) in [5, 5.41) is 22.0. The van der Waals surface area contributed by atoms with Crippen LogP contribution in [-0.4, -0.2) is 33.4 Å². The highest BCUT2D eigenvalue weighted by molar-refractivity contribution is 6.42. The minimum absolute atomic E-state index is 0.0112. The molecule has 1 aliphatic rings. The molecule has 1 aromatic heterocycles. The molecule has 2 amide bonds. The Morgan fingerprint density at radius 3 is 2.46 bits per heavy atom. The number of carbonyl (C=O) groups is 2. The molecule has 0 spiro atoms. The van der Waals surface area contributed by atoms with Gasteiger partial charge in [-0.15, -0.1) is 0 Å². The summed E-state index contributed by atoms with van der Waals surface area (Å²) >= 11 is 12.1. The Hall–Kier alpha value is -4.01. The van der Waals surface area contributed by atoms with Gasteiger partial charge < -0.3 is 20.5 Å². The van der Waals surface area contributed by atoms with Crippen LogP contribution in [-0.2, 0) is 6.54 Å². The molecule has 5 rings (SSSR count). The first kappa shape index (κ1) is 28.5. The molecule has 212 valence electrons. The summed E-state index contributed by atoms with van der Waals surface area (Å²) in [6.07, 6.45) is 4.06. The van der Waals surface area contributed by atoms with Gasteiger partial charge >= 0.3 is 6.03 Å². The third-order valence-corrected chi connectivity index (χ3v) is 7.83. The van der Waals surface area contributed by atoms with Gasteiger partial charge in [0.05, 0.1) is 28.0 Å². The van der Waals surface area contributed by atoms with Crippen molar-refractivity contribution in [3.63, 3.8) is 0 Å². The van der Waals surface area contributed by atoms with Crippen LogP contribution in [0.5, 0.6) is 11.5 Å². The van der Waals surface area contributed by atoms with Gasteiger partial charge in [0.15, 0.2) is 0 Å². The Bertz CT molecular complexity index is 1560. The van der Waals surface area contributed by atoms with Crippen molar-refractivity contribution in [1.29, 1.82) is 0 Å². The molecule has 0 radical (unpaired) electrons. The van der Waals surface area contributed by atoms with E-state index in [1.54, 1.807) is 54.6 Å². The monoisotopic (exact) mass is 592 g/mol. The van der Waals surface area contributed by atoms with Crippen molar-refractivity contribution in [3.05, 3.63) is 93.6 Å².